The minimum atomic E-state index is -0.551. The molecule has 0 saturated heterocycles. The summed E-state index contributed by atoms with van der Waals surface area (Å²) in [4.78, 5) is 26.5. The van der Waals surface area contributed by atoms with Crippen molar-refractivity contribution in [2.75, 3.05) is 20.6 Å². The van der Waals surface area contributed by atoms with Gasteiger partial charge in [-0.3, -0.25) is 9.59 Å². The van der Waals surface area contributed by atoms with E-state index in [-0.39, 0.29) is 22.8 Å². The van der Waals surface area contributed by atoms with Gasteiger partial charge in [0.1, 0.15) is 5.82 Å². The molecule has 4 nitrogen and oxygen atoms in total. The SMILES string of the molecule is CCC(=O)c1cc(C)c(C[C@@H](CNC(=O)c2ccc(F)c(Cl)c2)N(C)C)c(C)c1. The van der Waals surface area contributed by atoms with Crippen molar-refractivity contribution in [3.8, 4) is 0 Å². The van der Waals surface area contributed by atoms with E-state index >= 15 is 0 Å². The molecule has 0 aliphatic carbocycles. The van der Waals surface area contributed by atoms with Gasteiger partial charge in [-0.1, -0.05) is 18.5 Å². The van der Waals surface area contributed by atoms with Crippen LogP contribution in [0.15, 0.2) is 30.3 Å². The van der Waals surface area contributed by atoms with E-state index in [4.69, 9.17) is 11.6 Å². The Morgan fingerprint density at radius 3 is 2.24 bits per heavy atom. The Labute approximate surface area is 177 Å². The Balaban J connectivity index is 2.13. The van der Waals surface area contributed by atoms with E-state index in [1.54, 1.807) is 0 Å². The zero-order chi connectivity index (χ0) is 21.7. The molecule has 0 saturated carbocycles. The summed E-state index contributed by atoms with van der Waals surface area (Å²) >= 11 is 5.77. The molecule has 0 fully saturated rings. The maximum absolute atomic E-state index is 13.3. The highest BCUT2D eigenvalue weighted by Gasteiger charge is 2.18. The van der Waals surface area contributed by atoms with Crippen LogP contribution in [0, 0.1) is 19.7 Å². The highest BCUT2D eigenvalue weighted by molar-refractivity contribution is 6.31. The molecule has 156 valence electrons. The molecular weight excluding hydrogens is 391 g/mol. The van der Waals surface area contributed by atoms with E-state index < -0.39 is 5.82 Å². The molecule has 0 radical (unpaired) electrons. The Morgan fingerprint density at radius 2 is 1.72 bits per heavy atom. The normalized spacial score (nSPS) is 12.1. The van der Waals surface area contributed by atoms with Crippen LogP contribution in [0.5, 0.6) is 0 Å². The second-order valence-electron chi connectivity index (χ2n) is 7.53. The van der Waals surface area contributed by atoms with Crippen LogP contribution >= 0.6 is 11.6 Å². The first-order chi connectivity index (χ1) is 13.6. The van der Waals surface area contributed by atoms with Gasteiger partial charge in [0, 0.05) is 30.1 Å². The molecule has 1 amide bonds. The van der Waals surface area contributed by atoms with Crippen LogP contribution in [0.25, 0.3) is 0 Å². The third-order valence-electron chi connectivity index (χ3n) is 5.19. The van der Waals surface area contributed by atoms with Crippen LogP contribution in [-0.2, 0) is 6.42 Å². The van der Waals surface area contributed by atoms with Gasteiger partial charge in [0.15, 0.2) is 5.78 Å². The van der Waals surface area contributed by atoms with Crippen LogP contribution in [0.4, 0.5) is 4.39 Å². The van der Waals surface area contributed by atoms with Gasteiger partial charge in [0.05, 0.1) is 5.02 Å². The largest absolute Gasteiger partial charge is 0.350 e. The third-order valence-corrected chi connectivity index (χ3v) is 5.48. The lowest BCUT2D eigenvalue weighted by Gasteiger charge is -2.26. The van der Waals surface area contributed by atoms with Gasteiger partial charge in [0.2, 0.25) is 0 Å². The van der Waals surface area contributed by atoms with Gasteiger partial charge < -0.3 is 10.2 Å². The summed E-state index contributed by atoms with van der Waals surface area (Å²) in [7, 11) is 3.93. The lowest BCUT2D eigenvalue weighted by Crippen LogP contribution is -2.41. The van der Waals surface area contributed by atoms with Gasteiger partial charge in [-0.2, -0.15) is 0 Å². The van der Waals surface area contributed by atoms with Crippen molar-refractivity contribution in [1.29, 1.82) is 0 Å². The number of benzene rings is 2. The minimum Gasteiger partial charge on any atom is -0.350 e. The first kappa shape index (κ1) is 23.0. The molecule has 0 spiro atoms. The number of nitrogens with zero attached hydrogens (tertiary/aromatic N) is 1. The number of carbonyl (C=O) groups excluding carboxylic acids is 2. The van der Waals surface area contributed by atoms with E-state index in [1.807, 2.05) is 47.0 Å². The lowest BCUT2D eigenvalue weighted by atomic mass is 9.92. The molecule has 2 aromatic carbocycles. The summed E-state index contributed by atoms with van der Waals surface area (Å²) in [5, 5.41) is 2.83. The quantitative estimate of drug-likeness (QED) is 0.638. The molecule has 1 atom stereocenters. The van der Waals surface area contributed by atoms with Gasteiger partial charge in [-0.15, -0.1) is 0 Å². The Bertz CT molecular complexity index is 889. The van der Waals surface area contributed by atoms with E-state index in [1.165, 1.54) is 23.8 Å². The molecule has 0 aliphatic heterocycles. The number of nitrogens with one attached hydrogen (secondary N) is 1. The topological polar surface area (TPSA) is 49.4 Å². The van der Waals surface area contributed by atoms with E-state index in [0.29, 0.717) is 18.5 Å². The predicted molar refractivity (Wildman–Crippen MR) is 115 cm³/mol. The number of carbonyl (C=O) groups is 2. The number of likely N-dealkylation sites (N-methyl/N-ethyl adjacent to an activating group) is 1. The number of halogens is 2. The predicted octanol–water partition coefficient (Wildman–Crippen LogP) is 4.59. The fraction of sp³-hybridized carbons (Fsp3) is 0.391. The molecule has 0 bridgehead atoms. The van der Waals surface area contributed by atoms with E-state index in [2.05, 4.69) is 10.2 Å². The minimum absolute atomic E-state index is 0.0556. The van der Waals surface area contributed by atoms with Crippen LogP contribution in [-0.4, -0.2) is 43.3 Å². The first-order valence-electron chi connectivity index (χ1n) is 9.67. The monoisotopic (exact) mass is 418 g/mol. The van der Waals surface area contributed by atoms with Gasteiger partial charge in [0.25, 0.3) is 5.91 Å². The number of rotatable bonds is 8. The standard InChI is InChI=1S/C23H28ClFN2O2/c1-6-22(28)17-9-14(2)19(15(3)10-17)12-18(27(4)5)13-26-23(29)16-7-8-21(25)20(24)11-16/h7-11,18H,6,12-13H2,1-5H3,(H,26,29)/t18-/m0/s1. The Kier molecular flexibility index (Phi) is 7.94. The van der Waals surface area contributed by atoms with Gasteiger partial charge in [-0.05, 0) is 81.4 Å². The van der Waals surface area contributed by atoms with Crippen molar-refractivity contribution < 1.29 is 14.0 Å². The average Bonchev–Trinajstić information content (AvgIpc) is 2.67. The number of hydrogen-bond acceptors (Lipinski definition) is 3. The molecule has 2 aromatic rings. The molecule has 0 unspecified atom stereocenters. The van der Waals surface area contributed by atoms with Crippen LogP contribution in [0.3, 0.4) is 0 Å². The zero-order valence-corrected chi connectivity index (χ0v) is 18.4. The number of ketones is 1. The van der Waals surface area contributed by atoms with Gasteiger partial charge in [-0.25, -0.2) is 4.39 Å². The van der Waals surface area contributed by atoms with Crippen molar-refractivity contribution in [3.63, 3.8) is 0 Å². The van der Waals surface area contributed by atoms with Crippen molar-refractivity contribution >= 4 is 23.3 Å². The van der Waals surface area contributed by atoms with Crippen molar-refractivity contribution in [2.45, 2.75) is 39.7 Å². The van der Waals surface area contributed by atoms with Crippen LogP contribution in [0.1, 0.15) is 50.8 Å². The summed E-state index contributed by atoms with van der Waals surface area (Å²) in [6.45, 7) is 6.32. The molecule has 29 heavy (non-hydrogen) atoms. The molecule has 6 heteroatoms. The summed E-state index contributed by atoms with van der Waals surface area (Å²) in [5.74, 6) is -0.710. The zero-order valence-electron chi connectivity index (χ0n) is 17.6. The highest BCUT2D eigenvalue weighted by atomic mass is 35.5. The van der Waals surface area contributed by atoms with E-state index in [0.717, 1.165) is 23.1 Å². The molecule has 2 rings (SSSR count). The third kappa shape index (κ3) is 5.87. The fourth-order valence-corrected chi connectivity index (χ4v) is 3.48. The number of Topliss-reactive ketones (excluding diaryl/α,β-unsaturated/α-hetero) is 1. The van der Waals surface area contributed by atoms with Crippen LogP contribution < -0.4 is 5.32 Å². The van der Waals surface area contributed by atoms with Crippen molar-refractivity contribution in [2.24, 2.45) is 0 Å². The number of amides is 1. The Morgan fingerprint density at radius 1 is 1.10 bits per heavy atom. The maximum atomic E-state index is 13.3. The summed E-state index contributed by atoms with van der Waals surface area (Å²) in [6, 6.07) is 7.88. The number of hydrogen-bond donors (Lipinski definition) is 1. The van der Waals surface area contributed by atoms with Crippen molar-refractivity contribution in [1.82, 2.24) is 10.2 Å². The molecule has 0 aromatic heterocycles. The Hall–Kier alpha value is -2.24. The van der Waals surface area contributed by atoms with Crippen molar-refractivity contribution in [3.05, 3.63) is 69.0 Å². The van der Waals surface area contributed by atoms with Crippen LogP contribution in [0.2, 0.25) is 5.02 Å². The highest BCUT2D eigenvalue weighted by Crippen LogP contribution is 2.21. The van der Waals surface area contributed by atoms with Gasteiger partial charge >= 0.3 is 0 Å². The molecule has 0 aliphatic rings. The smallest absolute Gasteiger partial charge is 0.251 e. The maximum Gasteiger partial charge on any atom is 0.251 e. The second-order valence-corrected chi connectivity index (χ2v) is 7.93. The van der Waals surface area contributed by atoms with E-state index in [9.17, 15) is 14.0 Å². The summed E-state index contributed by atoms with van der Waals surface area (Å²) in [6.07, 6.45) is 1.22. The average molecular weight is 419 g/mol. The molecular formula is C23H28ClFN2O2. The molecule has 1 N–H and O–H groups in total. The summed E-state index contributed by atoms with van der Waals surface area (Å²) < 4.78 is 13.3. The summed E-state index contributed by atoms with van der Waals surface area (Å²) in [5.41, 5.74) is 4.39. The number of aryl methyl sites for hydroxylation is 2. The lowest BCUT2D eigenvalue weighted by molar-refractivity contribution is 0.0940. The second kappa shape index (κ2) is 9.99. The molecule has 0 heterocycles. The fourth-order valence-electron chi connectivity index (χ4n) is 3.30. The first-order valence-corrected chi connectivity index (χ1v) is 10.0.